The second-order valence-electron chi connectivity index (χ2n) is 4.36. The zero-order valence-electron chi connectivity index (χ0n) is 11.2. The molecule has 0 saturated heterocycles. The molecule has 5 nitrogen and oxygen atoms in total. The predicted octanol–water partition coefficient (Wildman–Crippen LogP) is 2.73. The summed E-state index contributed by atoms with van der Waals surface area (Å²) in [6.07, 6.45) is 0. The minimum absolute atomic E-state index is 0.163. The van der Waals surface area contributed by atoms with Crippen molar-refractivity contribution in [2.45, 2.75) is 20.5 Å². The lowest BCUT2D eigenvalue weighted by atomic mass is 10.2. The van der Waals surface area contributed by atoms with Crippen molar-refractivity contribution in [2.75, 3.05) is 0 Å². The molecular formula is C14H15ClN2O3. The number of furan rings is 1. The third-order valence-corrected chi connectivity index (χ3v) is 3.13. The van der Waals surface area contributed by atoms with Crippen LogP contribution in [-0.4, -0.2) is 5.91 Å². The van der Waals surface area contributed by atoms with Crippen LogP contribution in [0.3, 0.4) is 0 Å². The van der Waals surface area contributed by atoms with Gasteiger partial charge in [0.05, 0.1) is 0 Å². The zero-order valence-corrected chi connectivity index (χ0v) is 12.0. The van der Waals surface area contributed by atoms with Crippen molar-refractivity contribution >= 4 is 17.5 Å². The summed E-state index contributed by atoms with van der Waals surface area (Å²) in [6, 6.07) is 7.01. The van der Waals surface area contributed by atoms with Crippen LogP contribution in [0.2, 0.25) is 5.02 Å². The molecule has 0 saturated carbocycles. The van der Waals surface area contributed by atoms with Crippen LogP contribution in [0.1, 0.15) is 27.4 Å². The molecular weight excluding hydrogens is 280 g/mol. The van der Waals surface area contributed by atoms with Crippen LogP contribution in [-0.2, 0) is 6.61 Å². The lowest BCUT2D eigenvalue weighted by molar-refractivity contribution is 0.0924. The van der Waals surface area contributed by atoms with E-state index < -0.39 is 5.91 Å². The van der Waals surface area contributed by atoms with Crippen LogP contribution in [0.5, 0.6) is 5.75 Å². The Hall–Kier alpha value is -1.98. The lowest BCUT2D eigenvalue weighted by Gasteiger charge is -2.08. The molecule has 0 aliphatic heterocycles. The van der Waals surface area contributed by atoms with Crippen molar-refractivity contribution in [3.05, 3.63) is 51.9 Å². The largest absolute Gasteiger partial charge is 0.489 e. The number of benzene rings is 1. The third-order valence-electron chi connectivity index (χ3n) is 2.90. The highest BCUT2D eigenvalue weighted by Crippen LogP contribution is 2.24. The predicted molar refractivity (Wildman–Crippen MR) is 75.6 cm³/mol. The smallest absolute Gasteiger partial charge is 0.300 e. The molecule has 1 aromatic heterocycles. The molecule has 0 aliphatic carbocycles. The van der Waals surface area contributed by atoms with Crippen LogP contribution in [0.15, 0.2) is 28.7 Å². The summed E-state index contributed by atoms with van der Waals surface area (Å²) in [5, 5.41) is 0.663. The Morgan fingerprint density at radius 3 is 2.80 bits per heavy atom. The Kier molecular flexibility index (Phi) is 4.32. The number of amides is 1. The summed E-state index contributed by atoms with van der Waals surface area (Å²) in [4.78, 5) is 11.4. The second-order valence-corrected chi connectivity index (χ2v) is 4.80. The van der Waals surface area contributed by atoms with E-state index in [0.717, 1.165) is 16.9 Å². The highest BCUT2D eigenvalue weighted by Gasteiger charge is 2.14. The number of hydrazine groups is 1. The van der Waals surface area contributed by atoms with Gasteiger partial charge in [0.2, 0.25) is 0 Å². The van der Waals surface area contributed by atoms with E-state index in [4.69, 9.17) is 26.6 Å². The minimum Gasteiger partial charge on any atom is -0.489 e. The number of nitrogens with one attached hydrogen (secondary N) is 1. The molecule has 20 heavy (non-hydrogen) atoms. The quantitative estimate of drug-likeness (QED) is 0.516. The molecule has 0 unspecified atom stereocenters. The van der Waals surface area contributed by atoms with Crippen LogP contribution in [0.25, 0.3) is 0 Å². The van der Waals surface area contributed by atoms with Gasteiger partial charge in [-0.05, 0) is 43.7 Å². The number of nitrogen functional groups attached to an aromatic ring is 1. The molecule has 6 heteroatoms. The number of halogens is 1. The van der Waals surface area contributed by atoms with Gasteiger partial charge in [0.25, 0.3) is 0 Å². The second kappa shape index (κ2) is 5.98. The van der Waals surface area contributed by atoms with Gasteiger partial charge in [-0.2, -0.15) is 0 Å². The summed E-state index contributed by atoms with van der Waals surface area (Å²) in [5.74, 6) is 6.11. The van der Waals surface area contributed by atoms with E-state index in [-0.39, 0.29) is 5.76 Å². The van der Waals surface area contributed by atoms with Crippen molar-refractivity contribution < 1.29 is 13.9 Å². The average Bonchev–Trinajstić information content (AvgIpc) is 2.78. The first-order valence-corrected chi connectivity index (χ1v) is 6.38. The van der Waals surface area contributed by atoms with Crippen molar-refractivity contribution in [1.29, 1.82) is 0 Å². The molecule has 0 radical (unpaired) electrons. The maximum absolute atomic E-state index is 11.4. The number of carbonyl (C=O) groups excluding carboxylic acids is 1. The maximum atomic E-state index is 11.4. The Labute approximate surface area is 121 Å². The Morgan fingerprint density at radius 2 is 2.15 bits per heavy atom. The van der Waals surface area contributed by atoms with Crippen molar-refractivity contribution in [3.8, 4) is 5.75 Å². The molecule has 0 atom stereocenters. The monoisotopic (exact) mass is 294 g/mol. The standard InChI is InChI=1S/C14H15ClN2O3/c1-8-5-11(15)3-4-12(8)19-7-10-6-13(14(18)17-16)20-9(10)2/h3-6H,7,16H2,1-2H3,(H,17,18). The van der Waals surface area contributed by atoms with Gasteiger partial charge in [-0.15, -0.1) is 0 Å². The summed E-state index contributed by atoms with van der Waals surface area (Å²) < 4.78 is 11.0. The van der Waals surface area contributed by atoms with Crippen LogP contribution < -0.4 is 16.0 Å². The van der Waals surface area contributed by atoms with Gasteiger partial charge in [0.15, 0.2) is 5.76 Å². The topological polar surface area (TPSA) is 77.5 Å². The van der Waals surface area contributed by atoms with Crippen LogP contribution in [0, 0.1) is 13.8 Å². The van der Waals surface area contributed by atoms with Crippen LogP contribution in [0.4, 0.5) is 0 Å². The molecule has 0 fully saturated rings. The van der Waals surface area contributed by atoms with Gasteiger partial charge in [0, 0.05) is 10.6 Å². The number of hydrogen-bond acceptors (Lipinski definition) is 4. The van der Waals surface area contributed by atoms with Gasteiger partial charge in [-0.25, -0.2) is 5.84 Å². The fourth-order valence-corrected chi connectivity index (χ4v) is 2.00. The first kappa shape index (κ1) is 14.4. The first-order valence-electron chi connectivity index (χ1n) is 6.00. The molecule has 1 amide bonds. The van der Waals surface area contributed by atoms with Crippen molar-refractivity contribution in [2.24, 2.45) is 5.84 Å². The third kappa shape index (κ3) is 3.12. The molecule has 106 valence electrons. The minimum atomic E-state index is -0.470. The Balaban J connectivity index is 2.11. The van der Waals surface area contributed by atoms with E-state index in [2.05, 4.69) is 0 Å². The fraction of sp³-hybridized carbons (Fsp3) is 0.214. The van der Waals surface area contributed by atoms with E-state index in [1.165, 1.54) is 0 Å². The molecule has 1 heterocycles. The molecule has 0 bridgehead atoms. The Morgan fingerprint density at radius 1 is 1.40 bits per heavy atom. The van der Waals surface area contributed by atoms with Gasteiger partial charge in [0.1, 0.15) is 18.1 Å². The molecule has 0 spiro atoms. The van der Waals surface area contributed by atoms with E-state index in [9.17, 15) is 4.79 Å². The zero-order chi connectivity index (χ0) is 14.7. The van der Waals surface area contributed by atoms with Crippen molar-refractivity contribution in [3.63, 3.8) is 0 Å². The summed E-state index contributed by atoms with van der Waals surface area (Å²) in [7, 11) is 0. The van der Waals surface area contributed by atoms with Crippen molar-refractivity contribution in [1.82, 2.24) is 5.43 Å². The number of carbonyl (C=O) groups is 1. The highest BCUT2D eigenvalue weighted by molar-refractivity contribution is 6.30. The van der Waals surface area contributed by atoms with Gasteiger partial charge in [-0.3, -0.25) is 10.2 Å². The molecule has 0 aliphatic rings. The number of nitrogens with two attached hydrogens (primary N) is 1. The maximum Gasteiger partial charge on any atom is 0.300 e. The summed E-state index contributed by atoms with van der Waals surface area (Å²) in [6.45, 7) is 3.98. The highest BCUT2D eigenvalue weighted by atomic mass is 35.5. The number of rotatable bonds is 4. The fourth-order valence-electron chi connectivity index (χ4n) is 1.78. The molecule has 1 aromatic carbocycles. The number of aryl methyl sites for hydroxylation is 2. The number of ether oxygens (including phenoxy) is 1. The first-order chi connectivity index (χ1) is 9.51. The summed E-state index contributed by atoms with van der Waals surface area (Å²) >= 11 is 5.89. The van der Waals surface area contributed by atoms with Gasteiger partial charge < -0.3 is 9.15 Å². The lowest BCUT2D eigenvalue weighted by Crippen LogP contribution is -2.29. The van der Waals surface area contributed by atoms with E-state index >= 15 is 0 Å². The van der Waals surface area contributed by atoms with Gasteiger partial charge >= 0.3 is 5.91 Å². The average molecular weight is 295 g/mol. The van der Waals surface area contributed by atoms with E-state index in [0.29, 0.717) is 17.4 Å². The molecule has 3 N–H and O–H groups in total. The van der Waals surface area contributed by atoms with E-state index in [1.807, 2.05) is 18.4 Å². The molecule has 2 rings (SSSR count). The van der Waals surface area contributed by atoms with E-state index in [1.54, 1.807) is 25.1 Å². The van der Waals surface area contributed by atoms with Crippen LogP contribution >= 0.6 is 11.6 Å². The Bertz CT molecular complexity index is 637. The number of hydrogen-bond donors (Lipinski definition) is 2. The SMILES string of the molecule is Cc1cc(Cl)ccc1OCc1cc(C(=O)NN)oc1C. The summed E-state index contributed by atoms with van der Waals surface area (Å²) in [5.41, 5.74) is 3.76. The normalized spacial score (nSPS) is 10.4. The van der Waals surface area contributed by atoms with Gasteiger partial charge in [-0.1, -0.05) is 11.6 Å². The molecule has 2 aromatic rings.